The molecule has 0 bridgehead atoms. The van der Waals surface area contributed by atoms with Crippen molar-refractivity contribution in [1.82, 2.24) is 10.6 Å². The molecule has 1 aromatic rings. The average molecular weight is 345 g/mol. The molecule has 2 atom stereocenters. The molecule has 1 saturated carbocycles. The molecule has 0 unspecified atom stereocenters. The predicted molar refractivity (Wildman–Crippen MR) is 91.3 cm³/mol. The van der Waals surface area contributed by atoms with Gasteiger partial charge >= 0.3 is 6.03 Å². The Hall–Kier alpha value is -2.75. The number of rotatable bonds is 5. The molecule has 0 aliphatic heterocycles. The number of hydrogen-bond acceptors (Lipinski definition) is 5. The number of hydrogen-bond donors (Lipinski definition) is 2. The first-order chi connectivity index (χ1) is 12.0. The van der Waals surface area contributed by atoms with Gasteiger partial charge in [-0.2, -0.15) is 5.26 Å². The number of ether oxygens (including phenoxy) is 2. The first-order valence-corrected chi connectivity index (χ1v) is 8.34. The quantitative estimate of drug-likeness (QED) is 0.853. The average Bonchev–Trinajstić information content (AvgIpc) is 2.61. The summed E-state index contributed by atoms with van der Waals surface area (Å²) in [5.74, 6) is 0.548. The molecule has 0 saturated heterocycles. The van der Waals surface area contributed by atoms with Gasteiger partial charge in [-0.25, -0.2) is 4.79 Å². The van der Waals surface area contributed by atoms with Crippen molar-refractivity contribution in [3.05, 3.63) is 23.8 Å². The maximum Gasteiger partial charge on any atom is 0.321 e. The van der Waals surface area contributed by atoms with Crippen molar-refractivity contribution in [1.29, 1.82) is 5.26 Å². The van der Waals surface area contributed by atoms with Crippen molar-refractivity contribution in [2.75, 3.05) is 13.7 Å². The fourth-order valence-corrected chi connectivity index (χ4v) is 2.90. The molecular formula is C18H23N3O4. The summed E-state index contributed by atoms with van der Waals surface area (Å²) in [6.45, 7) is 1.78. The molecule has 0 radical (unpaired) electrons. The molecule has 1 aliphatic carbocycles. The summed E-state index contributed by atoms with van der Waals surface area (Å²) in [6, 6.07) is 6.22. The van der Waals surface area contributed by atoms with E-state index in [2.05, 4.69) is 17.6 Å². The Balaban J connectivity index is 1.82. The van der Waals surface area contributed by atoms with Gasteiger partial charge in [0.25, 0.3) is 5.91 Å². The number of amides is 3. The van der Waals surface area contributed by atoms with Crippen LogP contribution >= 0.6 is 0 Å². The van der Waals surface area contributed by atoms with Crippen LogP contribution in [0.1, 0.15) is 38.2 Å². The topological polar surface area (TPSA) is 100 Å². The molecule has 25 heavy (non-hydrogen) atoms. The normalized spacial score (nSPS) is 19.4. The van der Waals surface area contributed by atoms with E-state index in [1.165, 1.54) is 19.6 Å². The molecule has 1 aromatic carbocycles. The smallest absolute Gasteiger partial charge is 0.321 e. The molecule has 7 heteroatoms. The van der Waals surface area contributed by atoms with Crippen LogP contribution in [0.4, 0.5) is 4.79 Å². The lowest BCUT2D eigenvalue weighted by atomic mass is 9.86. The highest BCUT2D eigenvalue weighted by Crippen LogP contribution is 2.27. The zero-order valence-corrected chi connectivity index (χ0v) is 14.5. The van der Waals surface area contributed by atoms with Crippen LogP contribution in [0.15, 0.2) is 18.2 Å². The summed E-state index contributed by atoms with van der Waals surface area (Å²) in [5, 5.41) is 14.0. The third-order valence-corrected chi connectivity index (χ3v) is 4.33. The molecule has 1 fully saturated rings. The predicted octanol–water partition coefficient (Wildman–Crippen LogP) is 2.35. The molecule has 0 spiro atoms. The number of nitrogens with one attached hydrogen (secondary N) is 2. The van der Waals surface area contributed by atoms with Gasteiger partial charge in [-0.1, -0.05) is 19.8 Å². The van der Waals surface area contributed by atoms with Crippen molar-refractivity contribution in [2.45, 2.75) is 38.6 Å². The first-order valence-electron chi connectivity index (χ1n) is 8.34. The number of methoxy groups -OCH3 is 1. The van der Waals surface area contributed by atoms with Crippen LogP contribution in [-0.2, 0) is 4.79 Å². The van der Waals surface area contributed by atoms with Gasteiger partial charge in [0.2, 0.25) is 0 Å². The van der Waals surface area contributed by atoms with E-state index >= 15 is 0 Å². The van der Waals surface area contributed by atoms with E-state index in [4.69, 9.17) is 14.7 Å². The third-order valence-electron chi connectivity index (χ3n) is 4.33. The number of imide groups is 1. The molecule has 0 aromatic heterocycles. The van der Waals surface area contributed by atoms with Crippen LogP contribution in [0.5, 0.6) is 11.5 Å². The number of carbonyl (C=O) groups is 2. The lowest BCUT2D eigenvalue weighted by molar-refractivity contribution is -0.122. The van der Waals surface area contributed by atoms with E-state index in [1.54, 1.807) is 12.1 Å². The summed E-state index contributed by atoms with van der Waals surface area (Å²) >= 11 is 0. The van der Waals surface area contributed by atoms with Crippen molar-refractivity contribution in [3.63, 3.8) is 0 Å². The van der Waals surface area contributed by atoms with Gasteiger partial charge < -0.3 is 14.8 Å². The third kappa shape index (κ3) is 5.38. The molecule has 2 N–H and O–H groups in total. The van der Waals surface area contributed by atoms with Crippen molar-refractivity contribution < 1.29 is 19.1 Å². The highest BCUT2D eigenvalue weighted by molar-refractivity contribution is 5.95. The zero-order valence-electron chi connectivity index (χ0n) is 14.5. The second-order valence-corrected chi connectivity index (χ2v) is 6.16. The Morgan fingerprint density at radius 1 is 1.28 bits per heavy atom. The van der Waals surface area contributed by atoms with E-state index in [0.717, 1.165) is 19.3 Å². The van der Waals surface area contributed by atoms with Crippen LogP contribution in [0.25, 0.3) is 0 Å². The summed E-state index contributed by atoms with van der Waals surface area (Å²) < 4.78 is 10.5. The van der Waals surface area contributed by atoms with E-state index in [1.807, 2.05) is 6.07 Å². The lowest BCUT2D eigenvalue weighted by Crippen LogP contribution is -2.48. The van der Waals surface area contributed by atoms with Gasteiger partial charge in [0.15, 0.2) is 18.1 Å². The van der Waals surface area contributed by atoms with Crippen molar-refractivity contribution in [2.24, 2.45) is 5.92 Å². The minimum Gasteiger partial charge on any atom is -0.493 e. The number of benzene rings is 1. The summed E-state index contributed by atoms with van der Waals surface area (Å²) in [6.07, 6.45) is 4.28. The molecule has 2 rings (SSSR count). The second-order valence-electron chi connectivity index (χ2n) is 6.16. The second kappa shape index (κ2) is 8.92. The minimum absolute atomic E-state index is 0.0982. The molecule has 1 aliphatic rings. The largest absolute Gasteiger partial charge is 0.493 e. The van der Waals surface area contributed by atoms with Gasteiger partial charge in [0.1, 0.15) is 0 Å². The van der Waals surface area contributed by atoms with Gasteiger partial charge in [-0.05, 0) is 30.9 Å². The van der Waals surface area contributed by atoms with E-state index in [0.29, 0.717) is 23.0 Å². The van der Waals surface area contributed by atoms with Crippen LogP contribution in [0, 0.1) is 17.2 Å². The monoisotopic (exact) mass is 345 g/mol. The number of nitrogens with zero attached hydrogens (tertiary/aromatic N) is 1. The molecular weight excluding hydrogens is 322 g/mol. The number of carbonyl (C=O) groups excluding carboxylic acids is 2. The maximum atomic E-state index is 11.9. The van der Waals surface area contributed by atoms with E-state index < -0.39 is 11.9 Å². The van der Waals surface area contributed by atoms with Crippen LogP contribution in [-0.4, -0.2) is 31.7 Å². The van der Waals surface area contributed by atoms with Crippen LogP contribution in [0.3, 0.4) is 0 Å². The van der Waals surface area contributed by atoms with E-state index in [9.17, 15) is 9.59 Å². The molecule has 3 amide bonds. The summed E-state index contributed by atoms with van der Waals surface area (Å²) in [4.78, 5) is 23.8. The van der Waals surface area contributed by atoms with E-state index in [-0.39, 0.29) is 12.6 Å². The first kappa shape index (κ1) is 18.6. The van der Waals surface area contributed by atoms with Gasteiger partial charge in [-0.3, -0.25) is 10.1 Å². The van der Waals surface area contributed by atoms with Crippen LogP contribution in [0.2, 0.25) is 0 Å². The number of urea groups is 1. The Labute approximate surface area is 147 Å². The Bertz CT molecular complexity index is 669. The fourth-order valence-electron chi connectivity index (χ4n) is 2.90. The fraction of sp³-hybridized carbons (Fsp3) is 0.500. The van der Waals surface area contributed by atoms with Gasteiger partial charge in [-0.15, -0.1) is 0 Å². The molecule has 7 nitrogen and oxygen atoms in total. The zero-order chi connectivity index (χ0) is 18.2. The summed E-state index contributed by atoms with van der Waals surface area (Å²) in [5.41, 5.74) is 0.426. The van der Waals surface area contributed by atoms with Crippen LogP contribution < -0.4 is 20.1 Å². The van der Waals surface area contributed by atoms with Crippen molar-refractivity contribution >= 4 is 11.9 Å². The Kier molecular flexibility index (Phi) is 6.63. The SMILES string of the molecule is COc1cc(C#N)ccc1OCC(=O)NC(=O)N[C@@H]1CCCC[C@H]1C. The lowest BCUT2D eigenvalue weighted by Gasteiger charge is -2.29. The summed E-state index contributed by atoms with van der Waals surface area (Å²) in [7, 11) is 1.45. The Morgan fingerprint density at radius 3 is 2.72 bits per heavy atom. The highest BCUT2D eigenvalue weighted by Gasteiger charge is 2.23. The van der Waals surface area contributed by atoms with Gasteiger partial charge in [0, 0.05) is 12.1 Å². The maximum absolute atomic E-state index is 11.9. The molecule has 134 valence electrons. The number of nitriles is 1. The standard InChI is InChI=1S/C18H23N3O4/c1-12-5-3-4-6-14(12)20-18(23)21-17(22)11-25-15-8-7-13(10-19)9-16(15)24-2/h7-9,12,14H,3-6,11H2,1-2H3,(H2,20,21,22,23)/t12-,14-/m1/s1. The highest BCUT2D eigenvalue weighted by atomic mass is 16.5. The minimum atomic E-state index is -0.549. The van der Waals surface area contributed by atoms with Gasteiger partial charge in [0.05, 0.1) is 18.7 Å². The Morgan fingerprint density at radius 2 is 2.04 bits per heavy atom. The van der Waals surface area contributed by atoms with Crippen molar-refractivity contribution in [3.8, 4) is 17.6 Å². The molecule has 0 heterocycles.